The van der Waals surface area contributed by atoms with Crippen LogP contribution in [-0.2, 0) is 24.7 Å². The standard InChI is InChI=1S/C26H26ClFN4O6S2/c1-39(35,36)24-6-4-3-5-21(24)20-12-11-18(13-22(20)28)29-25(33)23-14-19(31-40(2,37)38)15-32(23)26(34)30-17-9-7-16(27)8-10-17/h3-13,19,23,31H,14-15H2,1-2H3,(H,29,33)(H,30,34). The van der Waals surface area contributed by atoms with E-state index in [1.807, 2.05) is 0 Å². The van der Waals surface area contributed by atoms with Crippen LogP contribution in [0.15, 0.2) is 71.6 Å². The molecule has 212 valence electrons. The molecule has 14 heteroatoms. The van der Waals surface area contributed by atoms with Crippen molar-refractivity contribution in [3.05, 3.63) is 77.6 Å². The molecule has 0 saturated carbocycles. The van der Waals surface area contributed by atoms with Crippen molar-refractivity contribution in [2.45, 2.75) is 23.4 Å². The molecule has 2 atom stereocenters. The smallest absolute Gasteiger partial charge is 0.322 e. The van der Waals surface area contributed by atoms with E-state index in [-0.39, 0.29) is 34.7 Å². The number of hydrogen-bond acceptors (Lipinski definition) is 6. The number of anilines is 2. The Kier molecular flexibility index (Phi) is 8.49. The highest BCUT2D eigenvalue weighted by atomic mass is 35.5. The zero-order chi connectivity index (χ0) is 29.2. The summed E-state index contributed by atoms with van der Waals surface area (Å²) in [4.78, 5) is 27.5. The van der Waals surface area contributed by atoms with Crippen LogP contribution >= 0.6 is 11.6 Å². The molecule has 1 saturated heterocycles. The second-order valence-corrected chi connectivity index (χ2v) is 13.6. The molecule has 0 bridgehead atoms. The number of nitrogens with one attached hydrogen (secondary N) is 3. The van der Waals surface area contributed by atoms with Crippen molar-refractivity contribution >= 4 is 54.8 Å². The molecule has 40 heavy (non-hydrogen) atoms. The van der Waals surface area contributed by atoms with Crippen molar-refractivity contribution in [2.75, 3.05) is 29.7 Å². The molecule has 0 radical (unpaired) electrons. The van der Waals surface area contributed by atoms with Gasteiger partial charge in [-0.25, -0.2) is 30.7 Å². The molecule has 10 nitrogen and oxygen atoms in total. The van der Waals surface area contributed by atoms with Gasteiger partial charge in [0, 0.05) is 46.4 Å². The lowest BCUT2D eigenvalue weighted by atomic mass is 10.0. The fourth-order valence-electron chi connectivity index (χ4n) is 4.47. The minimum Gasteiger partial charge on any atom is -0.324 e. The number of carbonyl (C=O) groups excluding carboxylic acids is 2. The average molecular weight is 609 g/mol. The van der Waals surface area contributed by atoms with Gasteiger partial charge in [-0.3, -0.25) is 4.79 Å². The fraction of sp³-hybridized carbons (Fsp3) is 0.231. The number of hydrogen-bond donors (Lipinski definition) is 3. The largest absolute Gasteiger partial charge is 0.324 e. The number of halogens is 2. The molecule has 0 aliphatic carbocycles. The first-order valence-corrected chi connectivity index (χ1v) is 16.1. The topological polar surface area (TPSA) is 142 Å². The maximum Gasteiger partial charge on any atom is 0.322 e. The van der Waals surface area contributed by atoms with Gasteiger partial charge in [-0.1, -0.05) is 29.8 Å². The summed E-state index contributed by atoms with van der Waals surface area (Å²) in [5.41, 5.74) is 0.693. The number of benzene rings is 3. The van der Waals surface area contributed by atoms with Gasteiger partial charge in [0.1, 0.15) is 11.9 Å². The molecule has 2 unspecified atom stereocenters. The van der Waals surface area contributed by atoms with Gasteiger partial charge in [0.15, 0.2) is 9.84 Å². The summed E-state index contributed by atoms with van der Waals surface area (Å²) >= 11 is 5.89. The predicted octanol–water partition coefficient (Wildman–Crippen LogP) is 3.71. The van der Waals surface area contributed by atoms with Crippen LogP contribution in [0.5, 0.6) is 0 Å². The Morgan fingerprint density at radius 2 is 1.55 bits per heavy atom. The number of carbonyl (C=O) groups is 2. The molecule has 3 aromatic carbocycles. The molecule has 0 aromatic heterocycles. The third-order valence-electron chi connectivity index (χ3n) is 6.15. The molecule has 1 aliphatic heterocycles. The second kappa shape index (κ2) is 11.5. The third kappa shape index (κ3) is 7.16. The van der Waals surface area contributed by atoms with E-state index in [2.05, 4.69) is 15.4 Å². The number of rotatable bonds is 7. The highest BCUT2D eigenvalue weighted by Crippen LogP contribution is 2.31. The fourth-order valence-corrected chi connectivity index (χ4v) is 6.28. The quantitative estimate of drug-likeness (QED) is 0.373. The summed E-state index contributed by atoms with van der Waals surface area (Å²) in [5.74, 6) is -1.43. The van der Waals surface area contributed by atoms with Crippen LogP contribution in [0.2, 0.25) is 5.02 Å². The Morgan fingerprint density at radius 1 is 0.900 bits per heavy atom. The maximum atomic E-state index is 15.1. The summed E-state index contributed by atoms with van der Waals surface area (Å²) in [6, 6.07) is 13.6. The van der Waals surface area contributed by atoms with E-state index in [0.29, 0.717) is 10.7 Å². The van der Waals surface area contributed by atoms with Crippen LogP contribution in [0.3, 0.4) is 0 Å². The number of sulfone groups is 1. The first-order chi connectivity index (χ1) is 18.7. The van der Waals surface area contributed by atoms with Crippen molar-refractivity contribution in [2.24, 2.45) is 0 Å². The van der Waals surface area contributed by atoms with Gasteiger partial charge in [0.25, 0.3) is 0 Å². The van der Waals surface area contributed by atoms with Crippen molar-refractivity contribution in [3.8, 4) is 11.1 Å². The van der Waals surface area contributed by atoms with E-state index in [4.69, 9.17) is 11.6 Å². The lowest BCUT2D eigenvalue weighted by Gasteiger charge is -2.24. The van der Waals surface area contributed by atoms with Crippen LogP contribution < -0.4 is 15.4 Å². The third-order valence-corrected chi connectivity index (χ3v) is 8.32. The summed E-state index contributed by atoms with van der Waals surface area (Å²) in [7, 11) is -7.26. The highest BCUT2D eigenvalue weighted by Gasteiger charge is 2.40. The van der Waals surface area contributed by atoms with Crippen molar-refractivity contribution in [1.82, 2.24) is 9.62 Å². The molecule has 4 rings (SSSR count). The van der Waals surface area contributed by atoms with E-state index in [9.17, 15) is 26.4 Å². The summed E-state index contributed by atoms with van der Waals surface area (Å²) in [6.07, 6.45) is 1.99. The molecule has 1 aliphatic rings. The van der Waals surface area contributed by atoms with Crippen LogP contribution in [0.4, 0.5) is 20.6 Å². The zero-order valence-corrected chi connectivity index (χ0v) is 23.8. The number of sulfonamides is 1. The van der Waals surface area contributed by atoms with Crippen LogP contribution in [0.1, 0.15) is 6.42 Å². The second-order valence-electron chi connectivity index (χ2n) is 9.38. The van der Waals surface area contributed by atoms with Crippen LogP contribution in [-0.4, -0.2) is 64.8 Å². The summed E-state index contributed by atoms with van der Waals surface area (Å²) in [5, 5.41) is 5.70. The minimum absolute atomic E-state index is 0.0186. The van der Waals surface area contributed by atoms with E-state index in [0.717, 1.165) is 18.6 Å². The molecule has 1 fully saturated rings. The highest BCUT2D eigenvalue weighted by molar-refractivity contribution is 7.90. The van der Waals surface area contributed by atoms with Gasteiger partial charge in [0.2, 0.25) is 15.9 Å². The summed E-state index contributed by atoms with van der Waals surface area (Å²) in [6.45, 7) is -0.0832. The SMILES string of the molecule is CS(=O)(=O)NC1CC(C(=O)Nc2ccc(-c3ccccc3S(C)(=O)=O)c(F)c2)N(C(=O)Nc2ccc(Cl)cc2)C1. The Bertz CT molecular complexity index is 1670. The molecule has 3 aromatic rings. The Morgan fingerprint density at radius 3 is 2.17 bits per heavy atom. The van der Waals surface area contributed by atoms with Crippen LogP contribution in [0, 0.1) is 5.82 Å². The van der Waals surface area contributed by atoms with Crippen molar-refractivity contribution in [1.29, 1.82) is 0 Å². The van der Waals surface area contributed by atoms with Gasteiger partial charge in [-0.2, -0.15) is 0 Å². The predicted molar refractivity (Wildman–Crippen MR) is 151 cm³/mol. The van der Waals surface area contributed by atoms with E-state index in [1.54, 1.807) is 30.3 Å². The van der Waals surface area contributed by atoms with Gasteiger partial charge in [-0.15, -0.1) is 0 Å². The maximum absolute atomic E-state index is 15.1. The Labute approximate surface area is 236 Å². The summed E-state index contributed by atoms with van der Waals surface area (Å²) < 4.78 is 65.5. The number of nitrogens with zero attached hydrogens (tertiary/aromatic N) is 1. The lowest BCUT2D eigenvalue weighted by Crippen LogP contribution is -2.45. The average Bonchev–Trinajstić information content (AvgIpc) is 3.27. The molecule has 3 N–H and O–H groups in total. The molecule has 1 heterocycles. The van der Waals surface area contributed by atoms with E-state index >= 15 is 4.39 Å². The number of likely N-dealkylation sites (tertiary alicyclic amines) is 1. The van der Waals surface area contributed by atoms with Gasteiger partial charge in [-0.05, 0) is 55.0 Å². The molecular weight excluding hydrogens is 583 g/mol. The molecular formula is C26H26ClFN4O6S2. The molecule has 3 amide bonds. The minimum atomic E-state index is -3.63. The van der Waals surface area contributed by atoms with Crippen LogP contribution in [0.25, 0.3) is 11.1 Å². The molecule has 0 spiro atoms. The Balaban J connectivity index is 1.56. The monoisotopic (exact) mass is 608 g/mol. The van der Waals surface area contributed by atoms with Gasteiger partial charge < -0.3 is 15.5 Å². The van der Waals surface area contributed by atoms with E-state index in [1.165, 1.54) is 35.2 Å². The normalized spacial score (nSPS) is 17.4. The Hall–Kier alpha value is -3.52. The van der Waals surface area contributed by atoms with Gasteiger partial charge in [0.05, 0.1) is 11.2 Å². The lowest BCUT2D eigenvalue weighted by molar-refractivity contribution is -0.119. The van der Waals surface area contributed by atoms with Gasteiger partial charge >= 0.3 is 6.03 Å². The van der Waals surface area contributed by atoms with E-state index < -0.39 is 49.7 Å². The number of urea groups is 1. The first kappa shape index (κ1) is 29.5. The zero-order valence-electron chi connectivity index (χ0n) is 21.4. The van der Waals surface area contributed by atoms with Crippen molar-refractivity contribution in [3.63, 3.8) is 0 Å². The van der Waals surface area contributed by atoms with Crippen molar-refractivity contribution < 1.29 is 30.8 Å². The number of amides is 3. The first-order valence-electron chi connectivity index (χ1n) is 11.9.